The highest BCUT2D eigenvalue weighted by Gasteiger charge is 2.19. The van der Waals surface area contributed by atoms with Crippen LogP contribution in [0.3, 0.4) is 0 Å². The highest BCUT2D eigenvalue weighted by molar-refractivity contribution is 5.97. The summed E-state index contributed by atoms with van der Waals surface area (Å²) >= 11 is 0. The third kappa shape index (κ3) is 5.65. The highest BCUT2D eigenvalue weighted by Crippen LogP contribution is 2.20. The van der Waals surface area contributed by atoms with Gasteiger partial charge in [-0.1, -0.05) is 49.4 Å². The van der Waals surface area contributed by atoms with E-state index in [2.05, 4.69) is 6.07 Å². The molecule has 0 N–H and O–H groups in total. The first-order valence-corrected chi connectivity index (χ1v) is 8.68. The van der Waals surface area contributed by atoms with Crippen LogP contribution in [0.1, 0.15) is 35.7 Å². The van der Waals surface area contributed by atoms with Crippen molar-refractivity contribution < 1.29 is 9.53 Å². The molecule has 0 spiro atoms. The third-order valence-corrected chi connectivity index (χ3v) is 3.87. The van der Waals surface area contributed by atoms with Gasteiger partial charge in [-0.3, -0.25) is 4.79 Å². The molecule has 4 nitrogen and oxygen atoms in total. The van der Waals surface area contributed by atoms with E-state index in [-0.39, 0.29) is 5.91 Å². The average molecular weight is 336 g/mol. The first kappa shape index (κ1) is 18.5. The summed E-state index contributed by atoms with van der Waals surface area (Å²) in [7, 11) is 0. The van der Waals surface area contributed by atoms with Gasteiger partial charge in [-0.15, -0.1) is 0 Å². The van der Waals surface area contributed by atoms with Crippen LogP contribution in [0.5, 0.6) is 5.75 Å². The topological polar surface area (TPSA) is 53.3 Å². The molecule has 2 rings (SSSR count). The molecule has 130 valence electrons. The predicted molar refractivity (Wildman–Crippen MR) is 98.5 cm³/mol. The van der Waals surface area contributed by atoms with Gasteiger partial charge in [-0.25, -0.2) is 0 Å². The molecule has 0 aliphatic carbocycles. The summed E-state index contributed by atoms with van der Waals surface area (Å²) in [6, 6.07) is 19.5. The van der Waals surface area contributed by atoms with Gasteiger partial charge in [0.15, 0.2) is 0 Å². The van der Waals surface area contributed by atoms with Crippen molar-refractivity contribution >= 4 is 5.91 Å². The minimum atomic E-state index is -0.0853. The SMILES string of the molecule is CCCOc1ccccc1C(=O)N(CCC#N)CCc1ccccc1. The smallest absolute Gasteiger partial charge is 0.257 e. The molecule has 0 fully saturated rings. The maximum atomic E-state index is 13.0. The van der Waals surface area contributed by atoms with Crippen LogP contribution in [-0.2, 0) is 6.42 Å². The van der Waals surface area contributed by atoms with E-state index < -0.39 is 0 Å². The standard InChI is InChI=1S/C21H24N2O2/c1-2-17-25-20-12-7-6-11-19(20)21(24)23(15-8-14-22)16-13-18-9-4-3-5-10-18/h3-7,9-12H,2,8,13,15-17H2,1H3. The van der Waals surface area contributed by atoms with Gasteiger partial charge in [0.1, 0.15) is 5.75 Å². The molecular weight excluding hydrogens is 312 g/mol. The fourth-order valence-electron chi connectivity index (χ4n) is 2.56. The predicted octanol–water partition coefficient (Wildman–Crippen LogP) is 4.07. The van der Waals surface area contributed by atoms with Crippen LogP contribution in [-0.4, -0.2) is 30.5 Å². The Morgan fingerprint density at radius 2 is 1.80 bits per heavy atom. The fraction of sp³-hybridized carbons (Fsp3) is 0.333. The lowest BCUT2D eigenvalue weighted by molar-refractivity contribution is 0.0756. The number of carbonyl (C=O) groups excluding carboxylic acids is 1. The van der Waals surface area contributed by atoms with E-state index in [0.29, 0.717) is 37.4 Å². The molecule has 2 aromatic carbocycles. The molecule has 0 saturated heterocycles. The molecule has 1 amide bonds. The summed E-state index contributed by atoms with van der Waals surface area (Å²) in [5.74, 6) is 0.522. The van der Waals surface area contributed by atoms with E-state index >= 15 is 0 Å². The number of carbonyl (C=O) groups is 1. The van der Waals surface area contributed by atoms with Gasteiger partial charge in [0.2, 0.25) is 0 Å². The quantitative estimate of drug-likeness (QED) is 0.693. The second-order valence-corrected chi connectivity index (χ2v) is 5.78. The maximum absolute atomic E-state index is 13.0. The van der Waals surface area contributed by atoms with Crippen molar-refractivity contribution in [1.82, 2.24) is 4.90 Å². The van der Waals surface area contributed by atoms with Gasteiger partial charge in [-0.05, 0) is 30.5 Å². The van der Waals surface area contributed by atoms with Crippen molar-refractivity contribution in [2.24, 2.45) is 0 Å². The van der Waals surface area contributed by atoms with E-state index in [0.717, 1.165) is 12.8 Å². The maximum Gasteiger partial charge on any atom is 0.257 e. The van der Waals surface area contributed by atoms with Crippen LogP contribution in [0.15, 0.2) is 54.6 Å². The fourth-order valence-corrected chi connectivity index (χ4v) is 2.56. The van der Waals surface area contributed by atoms with E-state index in [9.17, 15) is 4.79 Å². The third-order valence-electron chi connectivity index (χ3n) is 3.87. The lowest BCUT2D eigenvalue weighted by atomic mass is 10.1. The Kier molecular flexibility index (Phi) is 7.52. The number of para-hydroxylation sites is 1. The van der Waals surface area contributed by atoms with Crippen molar-refractivity contribution in [3.63, 3.8) is 0 Å². The molecule has 0 heterocycles. The molecule has 0 atom stereocenters. The first-order chi connectivity index (χ1) is 12.3. The number of nitrogens with zero attached hydrogens (tertiary/aromatic N) is 2. The van der Waals surface area contributed by atoms with E-state index in [1.54, 1.807) is 11.0 Å². The monoisotopic (exact) mass is 336 g/mol. The van der Waals surface area contributed by atoms with Gasteiger partial charge in [-0.2, -0.15) is 5.26 Å². The van der Waals surface area contributed by atoms with Crippen LogP contribution >= 0.6 is 0 Å². The molecule has 0 unspecified atom stereocenters. The van der Waals surface area contributed by atoms with Crippen LogP contribution in [0, 0.1) is 11.3 Å². The Balaban J connectivity index is 2.13. The number of amides is 1. The summed E-state index contributed by atoms with van der Waals surface area (Å²) in [6.45, 7) is 3.60. The van der Waals surface area contributed by atoms with Crippen molar-refractivity contribution in [3.8, 4) is 11.8 Å². The number of nitriles is 1. The lowest BCUT2D eigenvalue weighted by Gasteiger charge is -2.23. The zero-order chi connectivity index (χ0) is 17.9. The summed E-state index contributed by atoms with van der Waals surface area (Å²) in [5, 5.41) is 8.91. The van der Waals surface area contributed by atoms with Crippen molar-refractivity contribution in [1.29, 1.82) is 5.26 Å². The molecular formula is C21H24N2O2. The van der Waals surface area contributed by atoms with Gasteiger partial charge < -0.3 is 9.64 Å². The first-order valence-electron chi connectivity index (χ1n) is 8.68. The summed E-state index contributed by atoms with van der Waals surface area (Å²) in [6.07, 6.45) is 1.96. The van der Waals surface area contributed by atoms with E-state index in [4.69, 9.17) is 10.00 Å². The zero-order valence-corrected chi connectivity index (χ0v) is 14.6. The highest BCUT2D eigenvalue weighted by atomic mass is 16.5. The van der Waals surface area contributed by atoms with Gasteiger partial charge in [0.25, 0.3) is 5.91 Å². The van der Waals surface area contributed by atoms with Gasteiger partial charge in [0.05, 0.1) is 24.7 Å². The van der Waals surface area contributed by atoms with Gasteiger partial charge in [0, 0.05) is 13.1 Å². The number of hydrogen-bond donors (Lipinski definition) is 0. The number of hydrogen-bond acceptors (Lipinski definition) is 3. The number of benzene rings is 2. The molecule has 0 radical (unpaired) electrons. The molecule has 0 aliphatic rings. The van der Waals surface area contributed by atoms with Crippen molar-refractivity contribution in [2.75, 3.05) is 19.7 Å². The summed E-state index contributed by atoms with van der Waals surface area (Å²) in [5.41, 5.74) is 1.73. The summed E-state index contributed by atoms with van der Waals surface area (Å²) < 4.78 is 5.71. The average Bonchev–Trinajstić information content (AvgIpc) is 2.67. The minimum Gasteiger partial charge on any atom is -0.493 e. The second-order valence-electron chi connectivity index (χ2n) is 5.78. The number of ether oxygens (including phenoxy) is 1. The molecule has 0 bridgehead atoms. The minimum absolute atomic E-state index is 0.0853. The normalized spacial score (nSPS) is 10.1. The van der Waals surface area contributed by atoms with Crippen molar-refractivity contribution in [3.05, 3.63) is 65.7 Å². The van der Waals surface area contributed by atoms with E-state index in [1.807, 2.05) is 55.5 Å². The van der Waals surface area contributed by atoms with Crippen LogP contribution < -0.4 is 4.74 Å². The van der Waals surface area contributed by atoms with Crippen LogP contribution in [0.25, 0.3) is 0 Å². The van der Waals surface area contributed by atoms with Gasteiger partial charge >= 0.3 is 0 Å². The largest absolute Gasteiger partial charge is 0.493 e. The molecule has 0 saturated carbocycles. The Hall–Kier alpha value is -2.80. The second kappa shape index (κ2) is 10.1. The molecule has 0 aliphatic heterocycles. The zero-order valence-electron chi connectivity index (χ0n) is 14.6. The Labute approximate surface area is 149 Å². The molecule has 0 aromatic heterocycles. The Morgan fingerprint density at radius 3 is 2.52 bits per heavy atom. The Morgan fingerprint density at radius 1 is 1.08 bits per heavy atom. The number of rotatable bonds is 9. The van der Waals surface area contributed by atoms with E-state index in [1.165, 1.54) is 5.56 Å². The van der Waals surface area contributed by atoms with Crippen molar-refractivity contribution in [2.45, 2.75) is 26.2 Å². The van der Waals surface area contributed by atoms with Crippen LogP contribution in [0.4, 0.5) is 0 Å². The molecule has 25 heavy (non-hydrogen) atoms. The summed E-state index contributed by atoms with van der Waals surface area (Å²) in [4.78, 5) is 14.7. The molecule has 2 aromatic rings. The van der Waals surface area contributed by atoms with Crippen LogP contribution in [0.2, 0.25) is 0 Å². The lowest BCUT2D eigenvalue weighted by Crippen LogP contribution is -2.34. The molecule has 4 heteroatoms. The Bertz CT molecular complexity index is 707.